The number of nitrogens with zero attached hydrogens (tertiary/aromatic N) is 1. The molecule has 0 radical (unpaired) electrons. The zero-order valence-corrected chi connectivity index (χ0v) is 11.3. The number of anilines is 1. The van der Waals surface area contributed by atoms with Crippen molar-refractivity contribution in [3.8, 4) is 0 Å². The molecule has 2 aromatic rings. The number of nitrogens with one attached hydrogen (secondary N) is 2. The molecule has 1 heterocycles. The van der Waals surface area contributed by atoms with Crippen LogP contribution in [-0.4, -0.2) is 17.4 Å². The molecule has 1 aromatic carbocycles. The molecule has 1 aromatic heterocycles. The van der Waals surface area contributed by atoms with Crippen LogP contribution in [0.4, 0.5) is 10.1 Å². The first-order valence-electron chi connectivity index (χ1n) is 5.99. The molecule has 0 aliphatic heterocycles. The summed E-state index contributed by atoms with van der Waals surface area (Å²) in [7, 11) is 0. The monoisotopic (exact) mass is 293 g/mol. The first-order chi connectivity index (χ1) is 9.65. The van der Waals surface area contributed by atoms with Crippen LogP contribution >= 0.6 is 11.6 Å². The molecule has 2 N–H and O–H groups in total. The zero-order chi connectivity index (χ0) is 14.4. The standard InChI is InChI=1S/C14H13ClFN3O/c15-12-7-11(1-2-13(12)16)18-9-14(20)19-8-10-3-5-17-6-4-10/h1-7,18H,8-9H2,(H,19,20). The van der Waals surface area contributed by atoms with Crippen LogP contribution in [0.3, 0.4) is 0 Å². The Morgan fingerprint density at radius 3 is 2.70 bits per heavy atom. The van der Waals surface area contributed by atoms with Crippen molar-refractivity contribution in [2.75, 3.05) is 11.9 Å². The van der Waals surface area contributed by atoms with E-state index in [1.54, 1.807) is 12.4 Å². The minimum absolute atomic E-state index is 0.0205. The second-order valence-electron chi connectivity index (χ2n) is 4.11. The van der Waals surface area contributed by atoms with Crippen molar-refractivity contribution < 1.29 is 9.18 Å². The van der Waals surface area contributed by atoms with Gasteiger partial charge in [-0.25, -0.2) is 4.39 Å². The van der Waals surface area contributed by atoms with Crippen molar-refractivity contribution in [1.29, 1.82) is 0 Å². The minimum Gasteiger partial charge on any atom is -0.376 e. The molecule has 0 saturated heterocycles. The highest BCUT2D eigenvalue weighted by Gasteiger charge is 2.03. The predicted octanol–water partition coefficient (Wildman–Crippen LogP) is 2.60. The Hall–Kier alpha value is -2.14. The van der Waals surface area contributed by atoms with Gasteiger partial charge in [0.05, 0.1) is 11.6 Å². The first-order valence-corrected chi connectivity index (χ1v) is 6.37. The summed E-state index contributed by atoms with van der Waals surface area (Å²) in [4.78, 5) is 15.5. The maximum Gasteiger partial charge on any atom is 0.239 e. The van der Waals surface area contributed by atoms with Gasteiger partial charge < -0.3 is 10.6 Å². The fourth-order valence-corrected chi connectivity index (χ4v) is 1.73. The molecule has 1 amide bonds. The maximum atomic E-state index is 13.0. The highest BCUT2D eigenvalue weighted by Crippen LogP contribution is 2.18. The molecule has 0 spiro atoms. The van der Waals surface area contributed by atoms with Crippen LogP contribution in [0.25, 0.3) is 0 Å². The summed E-state index contributed by atoms with van der Waals surface area (Å²) >= 11 is 5.65. The van der Waals surface area contributed by atoms with E-state index in [9.17, 15) is 9.18 Å². The van der Waals surface area contributed by atoms with E-state index in [0.29, 0.717) is 12.2 Å². The number of halogens is 2. The molecule has 0 bridgehead atoms. The first kappa shape index (κ1) is 14.3. The average molecular weight is 294 g/mol. The van der Waals surface area contributed by atoms with Gasteiger partial charge in [0.25, 0.3) is 0 Å². The number of benzene rings is 1. The third kappa shape index (κ3) is 4.20. The molecule has 0 atom stereocenters. The van der Waals surface area contributed by atoms with Gasteiger partial charge in [0.15, 0.2) is 0 Å². The predicted molar refractivity (Wildman–Crippen MR) is 76.0 cm³/mol. The second kappa shape index (κ2) is 6.86. The summed E-state index contributed by atoms with van der Waals surface area (Å²) in [6.45, 7) is 0.528. The van der Waals surface area contributed by atoms with Crippen LogP contribution in [0, 0.1) is 5.82 Å². The summed E-state index contributed by atoms with van der Waals surface area (Å²) in [5.41, 5.74) is 1.56. The van der Waals surface area contributed by atoms with E-state index in [-0.39, 0.29) is 17.5 Å². The van der Waals surface area contributed by atoms with E-state index in [1.165, 1.54) is 18.2 Å². The smallest absolute Gasteiger partial charge is 0.239 e. The van der Waals surface area contributed by atoms with Crippen molar-refractivity contribution >= 4 is 23.2 Å². The molecular weight excluding hydrogens is 281 g/mol. The van der Waals surface area contributed by atoms with Crippen molar-refractivity contribution in [1.82, 2.24) is 10.3 Å². The molecular formula is C14H13ClFN3O. The van der Waals surface area contributed by atoms with Gasteiger partial charge in [-0.05, 0) is 35.9 Å². The number of carbonyl (C=O) groups is 1. The number of pyridine rings is 1. The van der Waals surface area contributed by atoms with Crippen molar-refractivity contribution in [2.45, 2.75) is 6.54 Å². The molecule has 0 unspecified atom stereocenters. The van der Waals surface area contributed by atoms with E-state index in [0.717, 1.165) is 5.56 Å². The lowest BCUT2D eigenvalue weighted by Gasteiger charge is -2.08. The number of aromatic nitrogens is 1. The van der Waals surface area contributed by atoms with Crippen molar-refractivity contribution in [2.24, 2.45) is 0 Å². The molecule has 6 heteroatoms. The average Bonchev–Trinajstić information content (AvgIpc) is 2.47. The molecule has 0 fully saturated rings. The third-order valence-corrected chi connectivity index (χ3v) is 2.90. The van der Waals surface area contributed by atoms with Crippen LogP contribution in [-0.2, 0) is 11.3 Å². The maximum absolute atomic E-state index is 13.0. The minimum atomic E-state index is -0.487. The Kier molecular flexibility index (Phi) is 4.90. The molecule has 0 saturated carbocycles. The van der Waals surface area contributed by atoms with Gasteiger partial charge in [-0.1, -0.05) is 11.6 Å². The highest BCUT2D eigenvalue weighted by molar-refractivity contribution is 6.31. The number of carbonyl (C=O) groups excluding carboxylic acids is 1. The van der Waals surface area contributed by atoms with E-state index in [4.69, 9.17) is 11.6 Å². The summed E-state index contributed by atoms with van der Waals surface area (Å²) in [5.74, 6) is -0.651. The van der Waals surface area contributed by atoms with Crippen LogP contribution in [0.5, 0.6) is 0 Å². The van der Waals surface area contributed by atoms with Gasteiger partial charge in [-0.15, -0.1) is 0 Å². The van der Waals surface area contributed by atoms with Gasteiger partial charge >= 0.3 is 0 Å². The summed E-state index contributed by atoms with van der Waals surface area (Å²) in [6, 6.07) is 7.87. The second-order valence-corrected chi connectivity index (χ2v) is 4.52. The normalized spacial score (nSPS) is 10.1. The van der Waals surface area contributed by atoms with Gasteiger partial charge in [0, 0.05) is 24.6 Å². The van der Waals surface area contributed by atoms with Gasteiger partial charge in [0.2, 0.25) is 5.91 Å². The molecule has 0 aliphatic carbocycles. The van der Waals surface area contributed by atoms with Crippen molar-refractivity contribution in [3.63, 3.8) is 0 Å². The quantitative estimate of drug-likeness (QED) is 0.891. The molecule has 20 heavy (non-hydrogen) atoms. The molecule has 0 aliphatic rings. The number of hydrogen-bond donors (Lipinski definition) is 2. The largest absolute Gasteiger partial charge is 0.376 e. The lowest BCUT2D eigenvalue weighted by Crippen LogP contribution is -2.29. The highest BCUT2D eigenvalue weighted by atomic mass is 35.5. The van der Waals surface area contributed by atoms with E-state index in [2.05, 4.69) is 15.6 Å². The summed E-state index contributed by atoms with van der Waals surface area (Å²) < 4.78 is 13.0. The Morgan fingerprint density at radius 2 is 2.00 bits per heavy atom. The van der Waals surface area contributed by atoms with Gasteiger partial charge in [0.1, 0.15) is 5.82 Å². The van der Waals surface area contributed by atoms with Crippen LogP contribution in [0.15, 0.2) is 42.7 Å². The molecule has 4 nitrogen and oxygen atoms in total. The number of amides is 1. The van der Waals surface area contributed by atoms with Crippen LogP contribution in [0.1, 0.15) is 5.56 Å². The van der Waals surface area contributed by atoms with Gasteiger partial charge in [-0.3, -0.25) is 9.78 Å². The Morgan fingerprint density at radius 1 is 1.25 bits per heavy atom. The van der Waals surface area contributed by atoms with E-state index in [1.807, 2.05) is 12.1 Å². The fourth-order valence-electron chi connectivity index (χ4n) is 1.55. The lowest BCUT2D eigenvalue weighted by molar-refractivity contribution is -0.119. The summed E-state index contributed by atoms with van der Waals surface area (Å²) in [5, 5.41) is 5.65. The molecule has 104 valence electrons. The third-order valence-electron chi connectivity index (χ3n) is 2.61. The Labute approximate surface area is 121 Å². The van der Waals surface area contributed by atoms with Crippen LogP contribution in [0.2, 0.25) is 5.02 Å². The van der Waals surface area contributed by atoms with E-state index < -0.39 is 5.82 Å². The van der Waals surface area contributed by atoms with Gasteiger partial charge in [-0.2, -0.15) is 0 Å². The fraction of sp³-hybridized carbons (Fsp3) is 0.143. The topological polar surface area (TPSA) is 54.0 Å². The van der Waals surface area contributed by atoms with Crippen LogP contribution < -0.4 is 10.6 Å². The summed E-state index contributed by atoms with van der Waals surface area (Å²) in [6.07, 6.45) is 3.33. The molecule has 2 rings (SSSR count). The number of hydrogen-bond acceptors (Lipinski definition) is 3. The SMILES string of the molecule is O=C(CNc1ccc(F)c(Cl)c1)NCc1ccncc1. The van der Waals surface area contributed by atoms with E-state index >= 15 is 0 Å². The zero-order valence-electron chi connectivity index (χ0n) is 10.6. The Balaban J connectivity index is 1.79. The van der Waals surface area contributed by atoms with Crippen molar-refractivity contribution in [3.05, 3.63) is 59.1 Å². The number of rotatable bonds is 5. The lowest BCUT2D eigenvalue weighted by atomic mass is 10.2. The Bertz CT molecular complexity index is 592.